The SMILES string of the molecule is Cc1ccc(S(=O)(=O)N(CC(=O)NC(C)c2ccc(Br)cc2)Cc2cccc(C)c2)cc1. The number of hydrogen-bond donors (Lipinski definition) is 1. The fraction of sp³-hybridized carbons (Fsp3) is 0.240. The Morgan fingerprint density at radius 1 is 0.969 bits per heavy atom. The van der Waals surface area contributed by atoms with Gasteiger partial charge in [0.2, 0.25) is 15.9 Å². The van der Waals surface area contributed by atoms with Crippen molar-refractivity contribution >= 4 is 31.9 Å². The highest BCUT2D eigenvalue weighted by atomic mass is 79.9. The Balaban J connectivity index is 1.83. The van der Waals surface area contributed by atoms with E-state index in [-0.39, 0.29) is 29.9 Å². The van der Waals surface area contributed by atoms with Gasteiger partial charge in [-0.25, -0.2) is 8.42 Å². The van der Waals surface area contributed by atoms with Crippen LogP contribution in [0.1, 0.15) is 35.2 Å². The molecule has 32 heavy (non-hydrogen) atoms. The summed E-state index contributed by atoms with van der Waals surface area (Å²) >= 11 is 3.40. The average Bonchev–Trinajstić information content (AvgIpc) is 2.74. The van der Waals surface area contributed by atoms with E-state index in [0.29, 0.717) is 0 Å². The number of amides is 1. The van der Waals surface area contributed by atoms with Gasteiger partial charge in [-0.2, -0.15) is 4.31 Å². The first-order valence-electron chi connectivity index (χ1n) is 10.3. The van der Waals surface area contributed by atoms with Gasteiger partial charge in [-0.15, -0.1) is 0 Å². The van der Waals surface area contributed by atoms with Crippen molar-refractivity contribution in [1.82, 2.24) is 9.62 Å². The second kappa shape index (κ2) is 10.4. The number of nitrogens with one attached hydrogen (secondary N) is 1. The van der Waals surface area contributed by atoms with E-state index in [2.05, 4.69) is 21.2 Å². The number of aryl methyl sites for hydroxylation is 2. The van der Waals surface area contributed by atoms with Gasteiger partial charge in [-0.1, -0.05) is 75.6 Å². The molecule has 3 aromatic rings. The van der Waals surface area contributed by atoms with Gasteiger partial charge in [0, 0.05) is 11.0 Å². The third-order valence-corrected chi connectivity index (χ3v) is 7.50. The molecule has 0 fully saturated rings. The van der Waals surface area contributed by atoms with Crippen LogP contribution in [-0.2, 0) is 21.4 Å². The number of nitrogens with zero attached hydrogens (tertiary/aromatic N) is 1. The fourth-order valence-electron chi connectivity index (χ4n) is 3.38. The maximum atomic E-state index is 13.4. The zero-order valence-electron chi connectivity index (χ0n) is 18.4. The minimum absolute atomic E-state index is 0.109. The highest BCUT2D eigenvalue weighted by Crippen LogP contribution is 2.20. The molecule has 1 atom stereocenters. The van der Waals surface area contributed by atoms with Crippen LogP contribution in [0.3, 0.4) is 0 Å². The molecule has 0 saturated heterocycles. The van der Waals surface area contributed by atoms with Gasteiger partial charge < -0.3 is 5.32 Å². The summed E-state index contributed by atoms with van der Waals surface area (Å²) in [6.45, 7) is 5.57. The number of hydrogen-bond acceptors (Lipinski definition) is 3. The zero-order valence-corrected chi connectivity index (χ0v) is 20.8. The van der Waals surface area contributed by atoms with Gasteiger partial charge in [0.05, 0.1) is 17.5 Å². The smallest absolute Gasteiger partial charge is 0.243 e. The topological polar surface area (TPSA) is 66.5 Å². The van der Waals surface area contributed by atoms with Crippen LogP contribution in [0.15, 0.2) is 82.2 Å². The van der Waals surface area contributed by atoms with Crippen molar-refractivity contribution in [3.8, 4) is 0 Å². The molecular formula is C25H27BrN2O3S. The zero-order chi connectivity index (χ0) is 23.3. The molecule has 0 radical (unpaired) electrons. The first kappa shape index (κ1) is 24.2. The molecule has 0 aliphatic carbocycles. The van der Waals surface area contributed by atoms with Crippen molar-refractivity contribution in [3.05, 3.63) is 99.5 Å². The van der Waals surface area contributed by atoms with E-state index in [9.17, 15) is 13.2 Å². The molecule has 0 bridgehead atoms. The van der Waals surface area contributed by atoms with Gasteiger partial charge in [0.1, 0.15) is 0 Å². The Morgan fingerprint density at radius 3 is 2.25 bits per heavy atom. The molecule has 0 aliphatic heterocycles. The molecule has 3 rings (SSSR count). The Morgan fingerprint density at radius 2 is 1.62 bits per heavy atom. The standard InChI is InChI=1S/C25H27BrN2O3S/c1-18-7-13-24(14-8-18)32(30,31)28(16-21-6-4-5-19(2)15-21)17-25(29)27-20(3)22-9-11-23(26)12-10-22/h4-15,20H,16-17H2,1-3H3,(H,27,29). The molecule has 7 heteroatoms. The molecular weight excluding hydrogens is 488 g/mol. The number of carbonyl (C=O) groups excluding carboxylic acids is 1. The number of benzene rings is 3. The van der Waals surface area contributed by atoms with Crippen LogP contribution in [0, 0.1) is 13.8 Å². The van der Waals surface area contributed by atoms with Crippen LogP contribution in [0.2, 0.25) is 0 Å². The van der Waals surface area contributed by atoms with Crippen LogP contribution in [0.5, 0.6) is 0 Å². The van der Waals surface area contributed by atoms with E-state index in [1.807, 2.05) is 69.3 Å². The summed E-state index contributed by atoms with van der Waals surface area (Å²) in [4.78, 5) is 13.0. The summed E-state index contributed by atoms with van der Waals surface area (Å²) in [7, 11) is -3.86. The second-order valence-corrected chi connectivity index (χ2v) is 10.8. The molecule has 168 valence electrons. The summed E-state index contributed by atoms with van der Waals surface area (Å²) in [5.41, 5.74) is 3.77. The van der Waals surface area contributed by atoms with E-state index in [1.54, 1.807) is 24.3 Å². The Labute approximate surface area is 198 Å². The Hall–Kier alpha value is -2.48. The first-order valence-corrected chi connectivity index (χ1v) is 12.6. The van der Waals surface area contributed by atoms with Crippen LogP contribution in [0.4, 0.5) is 0 Å². The molecule has 0 heterocycles. The number of sulfonamides is 1. The maximum Gasteiger partial charge on any atom is 0.243 e. The van der Waals surface area contributed by atoms with Crippen LogP contribution in [-0.4, -0.2) is 25.2 Å². The fourth-order valence-corrected chi connectivity index (χ4v) is 5.03. The van der Waals surface area contributed by atoms with Crippen molar-refractivity contribution in [1.29, 1.82) is 0 Å². The van der Waals surface area contributed by atoms with Crippen molar-refractivity contribution in [3.63, 3.8) is 0 Å². The van der Waals surface area contributed by atoms with Crippen molar-refractivity contribution in [2.45, 2.75) is 38.3 Å². The van der Waals surface area contributed by atoms with E-state index >= 15 is 0 Å². The largest absolute Gasteiger partial charge is 0.348 e. The summed E-state index contributed by atoms with van der Waals surface area (Å²) in [6.07, 6.45) is 0. The summed E-state index contributed by atoms with van der Waals surface area (Å²) in [5.74, 6) is -0.358. The highest BCUT2D eigenvalue weighted by Gasteiger charge is 2.27. The van der Waals surface area contributed by atoms with Crippen LogP contribution >= 0.6 is 15.9 Å². The molecule has 5 nitrogen and oxygen atoms in total. The molecule has 0 saturated carbocycles. The van der Waals surface area contributed by atoms with E-state index < -0.39 is 10.0 Å². The molecule has 0 aromatic heterocycles. The highest BCUT2D eigenvalue weighted by molar-refractivity contribution is 9.10. The molecule has 1 N–H and O–H groups in total. The lowest BCUT2D eigenvalue weighted by atomic mass is 10.1. The predicted molar refractivity (Wildman–Crippen MR) is 131 cm³/mol. The monoisotopic (exact) mass is 514 g/mol. The minimum Gasteiger partial charge on any atom is -0.348 e. The number of halogens is 1. The average molecular weight is 515 g/mol. The summed E-state index contributed by atoms with van der Waals surface area (Å²) < 4.78 is 29.0. The molecule has 1 unspecified atom stereocenters. The molecule has 3 aromatic carbocycles. The summed E-state index contributed by atoms with van der Waals surface area (Å²) in [5, 5.41) is 2.92. The van der Waals surface area contributed by atoms with Crippen molar-refractivity contribution in [2.24, 2.45) is 0 Å². The molecule has 0 spiro atoms. The lowest BCUT2D eigenvalue weighted by Gasteiger charge is -2.23. The normalized spacial score (nSPS) is 12.5. The van der Waals surface area contributed by atoms with E-state index in [1.165, 1.54) is 4.31 Å². The lowest BCUT2D eigenvalue weighted by Crippen LogP contribution is -2.41. The van der Waals surface area contributed by atoms with Gasteiger partial charge in [0.15, 0.2) is 0 Å². The van der Waals surface area contributed by atoms with Gasteiger partial charge in [-0.05, 0) is 56.2 Å². The first-order chi connectivity index (χ1) is 15.1. The Kier molecular flexibility index (Phi) is 7.87. The van der Waals surface area contributed by atoms with Gasteiger partial charge in [0.25, 0.3) is 0 Å². The predicted octanol–water partition coefficient (Wildman–Crippen LogP) is 5.13. The third kappa shape index (κ3) is 6.28. The number of rotatable bonds is 8. The maximum absolute atomic E-state index is 13.4. The van der Waals surface area contributed by atoms with Crippen LogP contribution < -0.4 is 5.32 Å². The van der Waals surface area contributed by atoms with Crippen LogP contribution in [0.25, 0.3) is 0 Å². The van der Waals surface area contributed by atoms with E-state index in [0.717, 1.165) is 26.7 Å². The van der Waals surface area contributed by atoms with Crippen molar-refractivity contribution < 1.29 is 13.2 Å². The van der Waals surface area contributed by atoms with E-state index in [4.69, 9.17) is 0 Å². The lowest BCUT2D eigenvalue weighted by molar-refractivity contribution is -0.122. The minimum atomic E-state index is -3.86. The van der Waals surface area contributed by atoms with Gasteiger partial charge >= 0.3 is 0 Å². The Bertz CT molecular complexity index is 1180. The van der Waals surface area contributed by atoms with Gasteiger partial charge in [-0.3, -0.25) is 4.79 Å². The number of carbonyl (C=O) groups is 1. The summed E-state index contributed by atoms with van der Waals surface area (Å²) in [6, 6.07) is 21.7. The quantitative estimate of drug-likeness (QED) is 0.452. The third-order valence-electron chi connectivity index (χ3n) is 5.17. The molecule has 1 amide bonds. The second-order valence-electron chi connectivity index (χ2n) is 7.92. The van der Waals surface area contributed by atoms with Crippen molar-refractivity contribution in [2.75, 3.05) is 6.54 Å². The molecule has 0 aliphatic rings.